The van der Waals surface area contributed by atoms with E-state index in [0.717, 1.165) is 0 Å². The molecule has 0 aliphatic heterocycles. The van der Waals surface area contributed by atoms with E-state index >= 15 is 0 Å². The number of benzene rings is 1. The Kier molecular flexibility index (Phi) is 3.58. The molecule has 88 valence electrons. The largest absolute Gasteiger partial charge is 0.481 e. The van der Waals surface area contributed by atoms with E-state index in [9.17, 15) is 9.18 Å². The highest BCUT2D eigenvalue weighted by Gasteiger charge is 2.33. The molecule has 0 radical (unpaired) electrons. The highest BCUT2D eigenvalue weighted by Crippen LogP contribution is 2.36. The lowest BCUT2D eigenvalue weighted by molar-refractivity contribution is -0.141. The lowest BCUT2D eigenvalue weighted by atomic mass is 9.76. The minimum atomic E-state index is -0.964. The van der Waals surface area contributed by atoms with Crippen molar-refractivity contribution in [2.75, 3.05) is 0 Å². The van der Waals surface area contributed by atoms with Gasteiger partial charge in [-0.2, -0.15) is 0 Å². The third kappa shape index (κ3) is 2.73. The molecule has 0 aliphatic rings. The summed E-state index contributed by atoms with van der Waals surface area (Å²) >= 11 is 5.56. The fourth-order valence-corrected chi connectivity index (χ4v) is 1.82. The molecule has 2 nitrogen and oxygen atoms in total. The highest BCUT2D eigenvalue weighted by molar-refractivity contribution is 6.30. The maximum absolute atomic E-state index is 13.3. The molecule has 0 heterocycles. The van der Waals surface area contributed by atoms with Crippen LogP contribution in [0.2, 0.25) is 5.02 Å². The summed E-state index contributed by atoms with van der Waals surface area (Å²) in [4.78, 5) is 11.2. The number of hydrogen-bond acceptors (Lipinski definition) is 1. The van der Waals surface area contributed by atoms with Crippen molar-refractivity contribution >= 4 is 17.6 Å². The molecule has 16 heavy (non-hydrogen) atoms. The van der Waals surface area contributed by atoms with Gasteiger partial charge in [0.15, 0.2) is 0 Å². The maximum Gasteiger partial charge on any atom is 0.311 e. The second-order valence-electron chi connectivity index (χ2n) is 4.81. The van der Waals surface area contributed by atoms with E-state index in [2.05, 4.69) is 0 Å². The summed E-state index contributed by atoms with van der Waals surface area (Å²) < 4.78 is 13.3. The number of carboxylic acids is 1. The van der Waals surface area contributed by atoms with Gasteiger partial charge >= 0.3 is 5.97 Å². The van der Waals surface area contributed by atoms with Crippen molar-refractivity contribution in [3.8, 4) is 0 Å². The first kappa shape index (κ1) is 13.0. The van der Waals surface area contributed by atoms with E-state index < -0.39 is 23.1 Å². The summed E-state index contributed by atoms with van der Waals surface area (Å²) in [5.74, 6) is -2.30. The van der Waals surface area contributed by atoms with E-state index in [1.165, 1.54) is 12.1 Å². The van der Waals surface area contributed by atoms with Gasteiger partial charge in [-0.15, -0.1) is 0 Å². The molecule has 0 aromatic heterocycles. The molecule has 0 aliphatic carbocycles. The zero-order valence-corrected chi connectivity index (χ0v) is 10.2. The number of aliphatic carboxylic acids is 1. The van der Waals surface area contributed by atoms with Gasteiger partial charge in [0.2, 0.25) is 0 Å². The van der Waals surface area contributed by atoms with Gasteiger partial charge in [-0.05, 0) is 23.1 Å². The first-order valence-electron chi connectivity index (χ1n) is 4.91. The normalized spacial score (nSPS) is 13.6. The van der Waals surface area contributed by atoms with Crippen molar-refractivity contribution in [2.24, 2.45) is 5.41 Å². The van der Waals surface area contributed by atoms with E-state index in [1.807, 2.05) is 0 Å². The molecule has 1 aromatic carbocycles. The fourth-order valence-electron chi connectivity index (χ4n) is 1.70. The molecular weight excluding hydrogens is 231 g/mol. The molecular formula is C12H14ClFO2. The predicted octanol–water partition coefficient (Wildman–Crippen LogP) is 3.69. The van der Waals surface area contributed by atoms with Crippen molar-refractivity contribution in [1.29, 1.82) is 0 Å². The van der Waals surface area contributed by atoms with Crippen LogP contribution in [-0.4, -0.2) is 11.1 Å². The van der Waals surface area contributed by atoms with E-state index in [-0.39, 0.29) is 5.02 Å². The fraction of sp³-hybridized carbons (Fsp3) is 0.417. The molecule has 0 saturated carbocycles. The lowest BCUT2D eigenvalue weighted by Gasteiger charge is -2.27. The van der Waals surface area contributed by atoms with Crippen LogP contribution >= 0.6 is 11.6 Å². The molecule has 0 bridgehead atoms. The summed E-state index contributed by atoms with van der Waals surface area (Å²) in [6.45, 7) is 5.41. The maximum atomic E-state index is 13.3. The van der Waals surface area contributed by atoms with Crippen LogP contribution in [0.5, 0.6) is 0 Å². The second kappa shape index (κ2) is 4.42. The Morgan fingerprint density at radius 2 is 2.00 bits per heavy atom. The van der Waals surface area contributed by atoms with Gasteiger partial charge in [-0.3, -0.25) is 4.79 Å². The molecule has 1 unspecified atom stereocenters. The lowest BCUT2D eigenvalue weighted by Crippen LogP contribution is -2.26. The molecule has 0 amide bonds. The molecule has 1 aromatic rings. The zero-order valence-electron chi connectivity index (χ0n) is 9.42. The molecule has 4 heteroatoms. The van der Waals surface area contributed by atoms with Crippen LogP contribution < -0.4 is 0 Å². The third-order valence-corrected chi connectivity index (χ3v) is 2.70. The monoisotopic (exact) mass is 244 g/mol. The summed E-state index contributed by atoms with van der Waals surface area (Å²) in [5.41, 5.74) is -0.0477. The zero-order chi connectivity index (χ0) is 12.5. The molecule has 0 fully saturated rings. The second-order valence-corrected chi connectivity index (χ2v) is 5.22. The minimum Gasteiger partial charge on any atom is -0.481 e. The predicted molar refractivity (Wildman–Crippen MR) is 61.2 cm³/mol. The Hall–Kier alpha value is -1.09. The Balaban J connectivity index is 3.22. The Labute approximate surface area is 99.0 Å². The van der Waals surface area contributed by atoms with Gasteiger partial charge in [0.25, 0.3) is 0 Å². The van der Waals surface area contributed by atoms with Crippen molar-refractivity contribution < 1.29 is 14.3 Å². The van der Waals surface area contributed by atoms with Gasteiger partial charge in [0.05, 0.1) is 10.9 Å². The average Bonchev–Trinajstić information content (AvgIpc) is 2.08. The van der Waals surface area contributed by atoms with Crippen LogP contribution in [-0.2, 0) is 4.79 Å². The first-order chi connectivity index (χ1) is 7.23. The first-order valence-corrected chi connectivity index (χ1v) is 5.29. The van der Waals surface area contributed by atoms with E-state index in [4.69, 9.17) is 16.7 Å². The van der Waals surface area contributed by atoms with Crippen LogP contribution in [0.4, 0.5) is 4.39 Å². The summed E-state index contributed by atoms with van der Waals surface area (Å²) in [6, 6.07) is 4.12. The van der Waals surface area contributed by atoms with Crippen molar-refractivity contribution in [1.82, 2.24) is 0 Å². The Morgan fingerprint density at radius 1 is 1.44 bits per heavy atom. The quantitative estimate of drug-likeness (QED) is 0.861. The molecule has 0 spiro atoms. The molecule has 1 N–H and O–H groups in total. The van der Waals surface area contributed by atoms with Gasteiger partial charge in [0, 0.05) is 0 Å². The number of rotatable bonds is 2. The van der Waals surface area contributed by atoms with Crippen molar-refractivity contribution in [3.63, 3.8) is 0 Å². The van der Waals surface area contributed by atoms with Crippen molar-refractivity contribution in [3.05, 3.63) is 34.6 Å². The minimum absolute atomic E-state index is 0.00166. The Bertz CT molecular complexity index is 410. The average molecular weight is 245 g/mol. The number of halogens is 2. The summed E-state index contributed by atoms with van der Waals surface area (Å²) in [5, 5.41) is 9.17. The number of hydrogen-bond donors (Lipinski definition) is 1. The number of carboxylic acid groups (broad SMARTS) is 1. The smallest absolute Gasteiger partial charge is 0.311 e. The standard InChI is InChI=1S/C12H14ClFO2/c1-12(2,3)10(11(15)16)7-4-5-8(13)9(14)6-7/h4-6,10H,1-3H3,(H,15,16). The highest BCUT2D eigenvalue weighted by atomic mass is 35.5. The summed E-state index contributed by atoms with van der Waals surface area (Å²) in [6.07, 6.45) is 0. The Morgan fingerprint density at radius 3 is 2.38 bits per heavy atom. The van der Waals surface area contributed by atoms with Crippen molar-refractivity contribution in [2.45, 2.75) is 26.7 Å². The van der Waals surface area contributed by atoms with Gasteiger partial charge in [-0.25, -0.2) is 4.39 Å². The van der Waals surface area contributed by atoms with Gasteiger partial charge in [-0.1, -0.05) is 38.4 Å². The van der Waals surface area contributed by atoms with Crippen LogP contribution in [0.3, 0.4) is 0 Å². The molecule has 0 saturated heterocycles. The summed E-state index contributed by atoms with van der Waals surface area (Å²) in [7, 11) is 0. The van der Waals surface area contributed by atoms with Crippen LogP contribution in [0.15, 0.2) is 18.2 Å². The van der Waals surface area contributed by atoms with E-state index in [0.29, 0.717) is 5.56 Å². The van der Waals surface area contributed by atoms with Crippen LogP contribution in [0.25, 0.3) is 0 Å². The molecule has 1 atom stereocenters. The van der Waals surface area contributed by atoms with Gasteiger partial charge < -0.3 is 5.11 Å². The van der Waals surface area contributed by atoms with Crippen LogP contribution in [0, 0.1) is 11.2 Å². The van der Waals surface area contributed by atoms with Crippen LogP contribution in [0.1, 0.15) is 32.3 Å². The topological polar surface area (TPSA) is 37.3 Å². The third-order valence-electron chi connectivity index (χ3n) is 2.39. The molecule has 1 rings (SSSR count). The SMILES string of the molecule is CC(C)(C)C(C(=O)O)c1ccc(Cl)c(F)c1. The number of carbonyl (C=O) groups is 1. The van der Waals surface area contributed by atoms with E-state index in [1.54, 1.807) is 26.8 Å². The van der Waals surface area contributed by atoms with Gasteiger partial charge in [0.1, 0.15) is 5.82 Å².